The summed E-state index contributed by atoms with van der Waals surface area (Å²) in [5.41, 5.74) is 3.30. The Morgan fingerprint density at radius 3 is 2.50 bits per heavy atom. The van der Waals surface area contributed by atoms with Crippen molar-refractivity contribution in [3.63, 3.8) is 0 Å². The summed E-state index contributed by atoms with van der Waals surface area (Å²) in [5, 5.41) is 6.80. The van der Waals surface area contributed by atoms with Gasteiger partial charge in [-0.05, 0) is 31.0 Å². The molecule has 0 radical (unpaired) electrons. The first-order chi connectivity index (χ1) is 10.6. The molecule has 0 aliphatic rings. The minimum absolute atomic E-state index is 0.0267. The maximum atomic E-state index is 11.9. The highest BCUT2D eigenvalue weighted by Gasteiger charge is 2.10. The number of halogens is 1. The average Bonchev–Trinajstić information content (AvgIpc) is 2.52. The van der Waals surface area contributed by atoms with Crippen molar-refractivity contribution in [2.24, 2.45) is 0 Å². The SMILES string of the molecule is Cc1ccc(CNC(=O)CNC(C)c2ccccc2Cl)cc1. The predicted octanol–water partition coefficient (Wildman–Crippen LogP) is 3.62. The zero-order valence-electron chi connectivity index (χ0n) is 12.9. The standard InChI is InChI=1S/C18H21ClN2O/c1-13-7-9-15(10-8-13)11-21-18(22)12-20-14(2)16-5-3-4-6-17(16)19/h3-10,14,20H,11-12H2,1-2H3,(H,21,22). The molecule has 2 N–H and O–H groups in total. The molecule has 0 aliphatic carbocycles. The molecule has 1 unspecified atom stereocenters. The highest BCUT2D eigenvalue weighted by molar-refractivity contribution is 6.31. The smallest absolute Gasteiger partial charge is 0.234 e. The van der Waals surface area contributed by atoms with Crippen molar-refractivity contribution in [1.29, 1.82) is 0 Å². The van der Waals surface area contributed by atoms with Gasteiger partial charge >= 0.3 is 0 Å². The molecule has 0 saturated carbocycles. The quantitative estimate of drug-likeness (QED) is 0.854. The fraction of sp³-hybridized carbons (Fsp3) is 0.278. The van der Waals surface area contributed by atoms with Gasteiger partial charge in [0.15, 0.2) is 0 Å². The summed E-state index contributed by atoms with van der Waals surface area (Å²) in [7, 11) is 0. The maximum absolute atomic E-state index is 11.9. The van der Waals surface area contributed by atoms with E-state index in [-0.39, 0.29) is 18.5 Å². The van der Waals surface area contributed by atoms with Crippen LogP contribution in [0.1, 0.15) is 29.7 Å². The molecular weight excluding hydrogens is 296 g/mol. The molecule has 1 amide bonds. The van der Waals surface area contributed by atoms with Gasteiger partial charge in [-0.25, -0.2) is 0 Å². The Kier molecular flexibility index (Phi) is 5.99. The molecule has 0 bridgehead atoms. The molecule has 0 aromatic heterocycles. The third kappa shape index (κ3) is 4.86. The maximum Gasteiger partial charge on any atom is 0.234 e. The van der Waals surface area contributed by atoms with Crippen LogP contribution in [0.2, 0.25) is 5.02 Å². The lowest BCUT2D eigenvalue weighted by molar-refractivity contribution is -0.120. The van der Waals surface area contributed by atoms with Gasteiger partial charge in [-0.15, -0.1) is 0 Å². The van der Waals surface area contributed by atoms with Crippen LogP contribution in [0.4, 0.5) is 0 Å². The lowest BCUT2D eigenvalue weighted by atomic mass is 10.1. The lowest BCUT2D eigenvalue weighted by Crippen LogP contribution is -2.34. The summed E-state index contributed by atoms with van der Waals surface area (Å²) >= 11 is 6.15. The van der Waals surface area contributed by atoms with E-state index < -0.39 is 0 Å². The molecule has 2 rings (SSSR count). The number of nitrogens with one attached hydrogen (secondary N) is 2. The fourth-order valence-electron chi connectivity index (χ4n) is 2.15. The van der Waals surface area contributed by atoms with E-state index in [1.165, 1.54) is 5.56 Å². The minimum atomic E-state index is -0.0283. The van der Waals surface area contributed by atoms with E-state index in [0.29, 0.717) is 11.6 Å². The van der Waals surface area contributed by atoms with E-state index in [2.05, 4.69) is 10.6 Å². The lowest BCUT2D eigenvalue weighted by Gasteiger charge is -2.15. The largest absolute Gasteiger partial charge is 0.351 e. The molecule has 3 nitrogen and oxygen atoms in total. The van der Waals surface area contributed by atoms with Crippen LogP contribution in [0.5, 0.6) is 0 Å². The molecule has 0 aliphatic heterocycles. The third-order valence-electron chi connectivity index (χ3n) is 3.55. The summed E-state index contributed by atoms with van der Waals surface area (Å²) < 4.78 is 0. The van der Waals surface area contributed by atoms with Crippen molar-refractivity contribution in [2.45, 2.75) is 26.4 Å². The van der Waals surface area contributed by atoms with Crippen LogP contribution >= 0.6 is 11.6 Å². The number of carbonyl (C=O) groups excluding carboxylic acids is 1. The van der Waals surface area contributed by atoms with Crippen molar-refractivity contribution >= 4 is 17.5 Å². The molecule has 1 atom stereocenters. The van der Waals surface area contributed by atoms with E-state index in [9.17, 15) is 4.79 Å². The molecule has 0 spiro atoms. The predicted molar refractivity (Wildman–Crippen MR) is 90.9 cm³/mol. The van der Waals surface area contributed by atoms with Crippen LogP contribution in [0.25, 0.3) is 0 Å². The van der Waals surface area contributed by atoms with Crippen LogP contribution in [0.15, 0.2) is 48.5 Å². The van der Waals surface area contributed by atoms with Crippen LogP contribution < -0.4 is 10.6 Å². The molecule has 0 fully saturated rings. The van der Waals surface area contributed by atoms with Gasteiger partial charge in [-0.2, -0.15) is 0 Å². The van der Waals surface area contributed by atoms with Gasteiger partial charge in [0, 0.05) is 17.6 Å². The number of rotatable bonds is 6. The Morgan fingerprint density at radius 1 is 1.14 bits per heavy atom. The van der Waals surface area contributed by atoms with Gasteiger partial charge in [0.05, 0.1) is 6.54 Å². The number of carbonyl (C=O) groups is 1. The first kappa shape index (κ1) is 16.5. The average molecular weight is 317 g/mol. The van der Waals surface area contributed by atoms with Crippen LogP contribution in [0.3, 0.4) is 0 Å². The second-order valence-corrected chi connectivity index (χ2v) is 5.79. The minimum Gasteiger partial charge on any atom is -0.351 e. The van der Waals surface area contributed by atoms with Crippen molar-refractivity contribution in [1.82, 2.24) is 10.6 Å². The van der Waals surface area contributed by atoms with Crippen LogP contribution in [0, 0.1) is 6.92 Å². The number of hydrogen-bond donors (Lipinski definition) is 2. The van der Waals surface area contributed by atoms with Gasteiger partial charge in [0.25, 0.3) is 0 Å². The topological polar surface area (TPSA) is 41.1 Å². The zero-order chi connectivity index (χ0) is 15.9. The van der Waals surface area contributed by atoms with Gasteiger partial charge in [0.2, 0.25) is 5.91 Å². The van der Waals surface area contributed by atoms with Crippen molar-refractivity contribution in [3.05, 3.63) is 70.2 Å². The number of benzene rings is 2. The van der Waals surface area contributed by atoms with Crippen LogP contribution in [-0.2, 0) is 11.3 Å². The molecular formula is C18H21ClN2O. The molecule has 22 heavy (non-hydrogen) atoms. The molecule has 2 aromatic carbocycles. The summed E-state index contributed by atoms with van der Waals surface area (Å²) in [6.45, 7) is 4.84. The summed E-state index contributed by atoms with van der Waals surface area (Å²) in [6.07, 6.45) is 0. The van der Waals surface area contributed by atoms with E-state index in [1.807, 2.05) is 62.4 Å². The molecule has 116 valence electrons. The monoisotopic (exact) mass is 316 g/mol. The highest BCUT2D eigenvalue weighted by Crippen LogP contribution is 2.21. The number of amides is 1. The first-order valence-electron chi connectivity index (χ1n) is 7.36. The van der Waals surface area contributed by atoms with E-state index in [0.717, 1.165) is 11.1 Å². The molecule has 2 aromatic rings. The van der Waals surface area contributed by atoms with Gasteiger partial charge in [0.1, 0.15) is 0 Å². The highest BCUT2D eigenvalue weighted by atomic mass is 35.5. The van der Waals surface area contributed by atoms with Crippen LogP contribution in [-0.4, -0.2) is 12.5 Å². The Morgan fingerprint density at radius 2 is 1.82 bits per heavy atom. The van der Waals surface area contributed by atoms with Crippen molar-refractivity contribution < 1.29 is 4.79 Å². The van der Waals surface area contributed by atoms with Crippen molar-refractivity contribution in [3.8, 4) is 0 Å². The normalized spacial score (nSPS) is 12.0. The number of hydrogen-bond acceptors (Lipinski definition) is 2. The molecule has 0 saturated heterocycles. The van der Waals surface area contributed by atoms with Gasteiger partial charge in [-0.3, -0.25) is 4.79 Å². The second kappa shape index (κ2) is 7.97. The third-order valence-corrected chi connectivity index (χ3v) is 3.90. The Labute approximate surface area is 136 Å². The van der Waals surface area contributed by atoms with E-state index in [4.69, 9.17) is 11.6 Å². The molecule has 0 heterocycles. The zero-order valence-corrected chi connectivity index (χ0v) is 13.7. The summed E-state index contributed by atoms with van der Waals surface area (Å²) in [4.78, 5) is 11.9. The fourth-order valence-corrected chi connectivity index (χ4v) is 2.45. The Hall–Kier alpha value is -1.84. The summed E-state index contributed by atoms with van der Waals surface area (Å²) in [6, 6.07) is 15.8. The van der Waals surface area contributed by atoms with E-state index >= 15 is 0 Å². The first-order valence-corrected chi connectivity index (χ1v) is 7.74. The second-order valence-electron chi connectivity index (χ2n) is 5.39. The molecule has 4 heteroatoms. The Balaban J connectivity index is 1.78. The van der Waals surface area contributed by atoms with Crippen molar-refractivity contribution in [2.75, 3.05) is 6.54 Å². The summed E-state index contributed by atoms with van der Waals surface area (Å²) in [5.74, 6) is -0.0283. The van der Waals surface area contributed by atoms with Gasteiger partial charge < -0.3 is 10.6 Å². The number of aryl methyl sites for hydroxylation is 1. The van der Waals surface area contributed by atoms with Gasteiger partial charge in [-0.1, -0.05) is 59.6 Å². The van der Waals surface area contributed by atoms with E-state index in [1.54, 1.807) is 0 Å². The Bertz CT molecular complexity index is 625.